The van der Waals surface area contributed by atoms with Crippen LogP contribution in [0, 0.1) is 21.1 Å². The van der Waals surface area contributed by atoms with E-state index in [1.807, 2.05) is 9.80 Å². The summed E-state index contributed by atoms with van der Waals surface area (Å²) in [6.45, 7) is 2.48. The molecule has 2 aromatic heterocycles. The molecule has 0 amide bonds. The molecule has 13 nitrogen and oxygen atoms in total. The molecule has 1 saturated heterocycles. The Hall–Kier alpha value is -4.46. The van der Waals surface area contributed by atoms with E-state index >= 15 is 4.39 Å². The topological polar surface area (TPSA) is 154 Å². The summed E-state index contributed by atoms with van der Waals surface area (Å²) in [6.07, 6.45) is 3.97. The number of carbonyl (C=O) groups is 1. The van der Waals surface area contributed by atoms with Crippen LogP contribution in [0.2, 0.25) is 0 Å². The molecule has 0 unspecified atom stereocenters. The number of halogens is 1. The van der Waals surface area contributed by atoms with Crippen molar-refractivity contribution < 1.29 is 33.4 Å². The minimum Gasteiger partial charge on any atom is -0.616 e. The summed E-state index contributed by atoms with van der Waals surface area (Å²) in [5, 5.41) is 32.3. The second-order valence-electron chi connectivity index (χ2n) is 9.44. The van der Waals surface area contributed by atoms with E-state index in [2.05, 4.69) is 0 Å². The van der Waals surface area contributed by atoms with Crippen molar-refractivity contribution in [3.8, 4) is 11.6 Å². The highest BCUT2D eigenvalue weighted by molar-refractivity contribution is 5.97. The van der Waals surface area contributed by atoms with Gasteiger partial charge in [-0.25, -0.2) is 9.18 Å². The highest BCUT2D eigenvalue weighted by Crippen LogP contribution is 2.43. The number of hydrogen-bond acceptors (Lipinski definition) is 9. The summed E-state index contributed by atoms with van der Waals surface area (Å²) < 4.78 is 28.7. The van der Waals surface area contributed by atoms with Gasteiger partial charge in [0.1, 0.15) is 23.9 Å². The standard InChI is InChI=1S/C25H26FN5O8/c1-38-24-21-17(23(32)18(25(33)34)14-29(21)15-2-3-15)13-19(26)22(24)28-8-6-27(7-9-28)10-11-39-20-12-16(31(36)37)4-5-30(20)35/h4-5,12-15H,2-3,6-11H2,1H3,(H,33,34). The fourth-order valence-electron chi connectivity index (χ4n) is 4.87. The average Bonchev–Trinajstić information content (AvgIpc) is 3.75. The number of rotatable bonds is 9. The van der Waals surface area contributed by atoms with Crippen molar-refractivity contribution in [1.29, 1.82) is 0 Å². The van der Waals surface area contributed by atoms with E-state index in [1.165, 1.54) is 13.3 Å². The highest BCUT2D eigenvalue weighted by atomic mass is 19.1. The number of methoxy groups -OCH3 is 1. The smallest absolute Gasteiger partial charge is 0.386 e. The Balaban J connectivity index is 1.33. The van der Waals surface area contributed by atoms with Crippen molar-refractivity contribution >= 4 is 28.2 Å². The van der Waals surface area contributed by atoms with Crippen LogP contribution in [0.25, 0.3) is 10.9 Å². The Morgan fingerprint density at radius 3 is 2.59 bits per heavy atom. The van der Waals surface area contributed by atoms with E-state index in [0.717, 1.165) is 37.2 Å². The van der Waals surface area contributed by atoms with Gasteiger partial charge < -0.3 is 29.3 Å². The van der Waals surface area contributed by atoms with Gasteiger partial charge in [0, 0.05) is 45.0 Å². The zero-order valence-electron chi connectivity index (χ0n) is 21.0. The van der Waals surface area contributed by atoms with Crippen LogP contribution in [0.5, 0.6) is 11.6 Å². The van der Waals surface area contributed by atoms with Gasteiger partial charge in [-0.2, -0.15) is 0 Å². The van der Waals surface area contributed by atoms with Gasteiger partial charge in [0.05, 0.1) is 29.0 Å². The minimum atomic E-state index is -1.37. The molecule has 0 atom stereocenters. The lowest BCUT2D eigenvalue weighted by atomic mass is 10.1. The summed E-state index contributed by atoms with van der Waals surface area (Å²) in [5.74, 6) is -2.02. The molecule has 1 aromatic carbocycles. The first-order valence-corrected chi connectivity index (χ1v) is 12.4. The van der Waals surface area contributed by atoms with Gasteiger partial charge in [0.2, 0.25) is 5.43 Å². The van der Waals surface area contributed by atoms with Gasteiger partial charge in [0.15, 0.2) is 17.8 Å². The van der Waals surface area contributed by atoms with Crippen LogP contribution >= 0.6 is 0 Å². The van der Waals surface area contributed by atoms with Crippen LogP contribution in [0.1, 0.15) is 29.2 Å². The summed E-state index contributed by atoms with van der Waals surface area (Å²) in [4.78, 5) is 38.7. The van der Waals surface area contributed by atoms with Crippen LogP contribution in [0.15, 0.2) is 35.4 Å². The molecule has 1 N–H and O–H groups in total. The molecule has 0 radical (unpaired) electrons. The molecule has 1 aliphatic carbocycles. The van der Waals surface area contributed by atoms with E-state index in [-0.39, 0.29) is 41.0 Å². The number of anilines is 1. The number of aromatic nitrogens is 2. The number of nitrogens with zero attached hydrogens (tertiary/aromatic N) is 5. The number of nitro groups is 1. The maximum Gasteiger partial charge on any atom is 0.386 e. The van der Waals surface area contributed by atoms with Crippen LogP contribution < -0.4 is 24.5 Å². The molecule has 3 heterocycles. The molecule has 0 spiro atoms. The fraction of sp³-hybridized carbons (Fsp3) is 0.400. The minimum absolute atomic E-state index is 0.00843. The lowest BCUT2D eigenvalue weighted by molar-refractivity contribution is -0.613. The third-order valence-electron chi connectivity index (χ3n) is 7.00. The second kappa shape index (κ2) is 10.4. The summed E-state index contributed by atoms with van der Waals surface area (Å²) in [6, 6.07) is 3.27. The maximum absolute atomic E-state index is 15.5. The Morgan fingerprint density at radius 1 is 1.26 bits per heavy atom. The van der Waals surface area contributed by atoms with Gasteiger partial charge >= 0.3 is 11.8 Å². The zero-order chi connectivity index (χ0) is 27.8. The number of benzene rings is 1. The van der Waals surface area contributed by atoms with Gasteiger partial charge in [-0.05, 0) is 18.9 Å². The molecule has 2 aliphatic rings. The van der Waals surface area contributed by atoms with Crippen molar-refractivity contribution in [2.75, 3.05) is 51.3 Å². The molecule has 3 aromatic rings. The van der Waals surface area contributed by atoms with Crippen LogP contribution in [0.3, 0.4) is 0 Å². The summed E-state index contributed by atoms with van der Waals surface area (Å²) in [5.41, 5.74) is -0.826. The van der Waals surface area contributed by atoms with E-state index in [0.29, 0.717) is 43.0 Å². The number of piperazine rings is 1. The lowest BCUT2D eigenvalue weighted by Crippen LogP contribution is -2.48. The molecule has 5 rings (SSSR count). The number of carboxylic acids is 1. The fourth-order valence-corrected chi connectivity index (χ4v) is 4.87. The van der Waals surface area contributed by atoms with E-state index in [1.54, 1.807) is 4.57 Å². The Kier molecular flexibility index (Phi) is 6.95. The molecule has 206 valence electrons. The number of aromatic carboxylic acids is 1. The predicted octanol–water partition coefficient (Wildman–Crippen LogP) is 1.92. The maximum atomic E-state index is 15.5. The summed E-state index contributed by atoms with van der Waals surface area (Å²) in [7, 11) is 1.40. The molecule has 2 fully saturated rings. The quantitative estimate of drug-likeness (QED) is 0.183. The van der Waals surface area contributed by atoms with Crippen LogP contribution in [0.4, 0.5) is 15.8 Å². The largest absolute Gasteiger partial charge is 0.616 e. The number of pyridine rings is 2. The molecule has 1 aliphatic heterocycles. The zero-order valence-corrected chi connectivity index (χ0v) is 21.0. The molecular formula is C25H26FN5O8. The van der Waals surface area contributed by atoms with E-state index in [4.69, 9.17) is 9.47 Å². The second-order valence-corrected chi connectivity index (χ2v) is 9.44. The number of carboxylic acid groups (broad SMARTS) is 1. The average molecular weight is 544 g/mol. The molecule has 0 bridgehead atoms. The van der Waals surface area contributed by atoms with Crippen molar-refractivity contribution in [2.24, 2.45) is 0 Å². The van der Waals surface area contributed by atoms with Gasteiger partial charge in [-0.15, -0.1) is 4.73 Å². The Bertz CT molecular complexity index is 1510. The normalized spacial score (nSPS) is 15.9. The Morgan fingerprint density at radius 2 is 1.97 bits per heavy atom. The van der Waals surface area contributed by atoms with Crippen LogP contribution in [-0.4, -0.2) is 71.9 Å². The predicted molar refractivity (Wildman–Crippen MR) is 136 cm³/mol. The van der Waals surface area contributed by atoms with Crippen molar-refractivity contribution in [1.82, 2.24) is 9.47 Å². The van der Waals surface area contributed by atoms with E-state index in [9.17, 15) is 30.0 Å². The third-order valence-corrected chi connectivity index (χ3v) is 7.00. The SMILES string of the molecule is COc1c(N2CCN(CCOc3cc([N+](=O)[O-])cc[n+]3[O-])CC2)c(F)cc2c(=O)c(C(=O)O)cn(C3CC3)c12. The number of hydrogen-bond donors (Lipinski definition) is 1. The Labute approximate surface area is 220 Å². The first-order valence-electron chi connectivity index (χ1n) is 12.4. The van der Waals surface area contributed by atoms with Crippen LogP contribution in [-0.2, 0) is 0 Å². The van der Waals surface area contributed by atoms with Gasteiger partial charge in [0.25, 0.3) is 5.69 Å². The number of fused-ring (bicyclic) bond motifs is 1. The lowest BCUT2D eigenvalue weighted by Gasteiger charge is -2.36. The van der Waals surface area contributed by atoms with Gasteiger partial charge in [-0.1, -0.05) is 0 Å². The molecule has 39 heavy (non-hydrogen) atoms. The monoisotopic (exact) mass is 543 g/mol. The third kappa shape index (κ3) is 5.02. The first-order chi connectivity index (χ1) is 18.7. The van der Waals surface area contributed by atoms with E-state index < -0.39 is 27.7 Å². The summed E-state index contributed by atoms with van der Waals surface area (Å²) >= 11 is 0. The van der Waals surface area contributed by atoms with Crippen molar-refractivity contribution in [2.45, 2.75) is 18.9 Å². The molecular weight excluding hydrogens is 517 g/mol. The van der Waals surface area contributed by atoms with Crippen molar-refractivity contribution in [3.05, 3.63) is 67.5 Å². The number of ether oxygens (including phenoxy) is 2. The molecule has 14 heteroatoms. The highest BCUT2D eigenvalue weighted by Gasteiger charge is 2.32. The first kappa shape index (κ1) is 26.2. The van der Waals surface area contributed by atoms with Gasteiger partial charge in [-0.3, -0.25) is 19.8 Å². The van der Waals surface area contributed by atoms with Crippen molar-refractivity contribution in [3.63, 3.8) is 0 Å². The molecule has 1 saturated carbocycles.